The molecule has 21 heavy (non-hydrogen) atoms. The molecule has 0 aliphatic carbocycles. The van der Waals surface area contributed by atoms with Crippen molar-refractivity contribution in [2.45, 2.75) is 39.3 Å². The van der Waals surface area contributed by atoms with Crippen LogP contribution >= 0.6 is 0 Å². The summed E-state index contributed by atoms with van der Waals surface area (Å²) in [5.74, 6) is 0.424. The first kappa shape index (κ1) is 15.2. The van der Waals surface area contributed by atoms with Gasteiger partial charge in [-0.1, -0.05) is 49.4 Å². The Morgan fingerprint density at radius 1 is 1.29 bits per heavy atom. The lowest BCUT2D eigenvalue weighted by Gasteiger charge is -2.22. The number of amides is 1. The maximum Gasteiger partial charge on any atom is 0.220 e. The van der Waals surface area contributed by atoms with Gasteiger partial charge in [-0.05, 0) is 17.9 Å². The molecule has 112 valence electrons. The second kappa shape index (κ2) is 7.57. The first-order valence-corrected chi connectivity index (χ1v) is 7.32. The first-order valence-electron chi connectivity index (χ1n) is 7.32. The SMILES string of the molecule is CC(C)[C@@H](Cn1ccnn1)NC(=O)CCc1ccccc1. The fourth-order valence-corrected chi connectivity index (χ4v) is 2.14. The van der Waals surface area contributed by atoms with E-state index in [9.17, 15) is 4.79 Å². The van der Waals surface area contributed by atoms with Crippen molar-refractivity contribution in [3.63, 3.8) is 0 Å². The van der Waals surface area contributed by atoms with E-state index >= 15 is 0 Å². The highest BCUT2D eigenvalue weighted by Gasteiger charge is 2.17. The summed E-state index contributed by atoms with van der Waals surface area (Å²) in [6.07, 6.45) is 4.73. The molecule has 0 aliphatic heterocycles. The number of carbonyl (C=O) groups is 1. The lowest BCUT2D eigenvalue weighted by Crippen LogP contribution is -2.41. The molecule has 0 unspecified atom stereocenters. The second-order valence-corrected chi connectivity index (χ2v) is 5.53. The summed E-state index contributed by atoms with van der Waals surface area (Å²) in [6, 6.07) is 10.1. The lowest BCUT2D eigenvalue weighted by atomic mass is 10.0. The summed E-state index contributed by atoms with van der Waals surface area (Å²) in [5, 5.41) is 10.8. The number of hydrogen-bond donors (Lipinski definition) is 1. The Hall–Kier alpha value is -2.17. The minimum absolute atomic E-state index is 0.0648. The Labute approximate surface area is 125 Å². The quantitative estimate of drug-likeness (QED) is 0.847. The molecule has 2 rings (SSSR count). The van der Waals surface area contributed by atoms with Crippen LogP contribution in [-0.4, -0.2) is 26.9 Å². The van der Waals surface area contributed by atoms with Crippen molar-refractivity contribution in [2.75, 3.05) is 0 Å². The predicted molar refractivity (Wildman–Crippen MR) is 81.6 cm³/mol. The molecule has 1 atom stereocenters. The summed E-state index contributed by atoms with van der Waals surface area (Å²) < 4.78 is 1.75. The highest BCUT2D eigenvalue weighted by atomic mass is 16.1. The van der Waals surface area contributed by atoms with Crippen LogP contribution < -0.4 is 5.32 Å². The van der Waals surface area contributed by atoms with Crippen molar-refractivity contribution in [1.29, 1.82) is 0 Å². The molecule has 0 aliphatic rings. The number of aromatic nitrogens is 3. The van der Waals surface area contributed by atoms with Gasteiger partial charge in [-0.25, -0.2) is 0 Å². The van der Waals surface area contributed by atoms with Crippen LogP contribution in [0.4, 0.5) is 0 Å². The fraction of sp³-hybridized carbons (Fsp3) is 0.438. The summed E-state index contributed by atoms with van der Waals surface area (Å²) in [6.45, 7) is 4.84. The van der Waals surface area contributed by atoms with Crippen LogP contribution in [0.5, 0.6) is 0 Å². The number of nitrogens with zero attached hydrogens (tertiary/aromatic N) is 3. The Balaban J connectivity index is 1.83. The van der Waals surface area contributed by atoms with E-state index in [4.69, 9.17) is 0 Å². The highest BCUT2D eigenvalue weighted by molar-refractivity contribution is 5.76. The van der Waals surface area contributed by atoms with E-state index in [0.29, 0.717) is 18.9 Å². The normalized spacial score (nSPS) is 12.3. The van der Waals surface area contributed by atoms with Crippen molar-refractivity contribution >= 4 is 5.91 Å². The third-order valence-corrected chi connectivity index (χ3v) is 3.49. The molecule has 5 nitrogen and oxygen atoms in total. The number of aryl methyl sites for hydroxylation is 1. The smallest absolute Gasteiger partial charge is 0.220 e. The molecule has 0 spiro atoms. The van der Waals surface area contributed by atoms with Crippen molar-refractivity contribution < 1.29 is 4.79 Å². The zero-order valence-electron chi connectivity index (χ0n) is 12.6. The Morgan fingerprint density at radius 2 is 2.05 bits per heavy atom. The van der Waals surface area contributed by atoms with Gasteiger partial charge in [-0.3, -0.25) is 9.48 Å². The number of hydrogen-bond acceptors (Lipinski definition) is 3. The van der Waals surface area contributed by atoms with Crippen LogP contribution in [0.25, 0.3) is 0 Å². The number of nitrogens with one attached hydrogen (secondary N) is 1. The van der Waals surface area contributed by atoms with Crippen LogP contribution in [0.15, 0.2) is 42.7 Å². The highest BCUT2D eigenvalue weighted by Crippen LogP contribution is 2.06. The summed E-state index contributed by atoms with van der Waals surface area (Å²) in [5.41, 5.74) is 1.19. The van der Waals surface area contributed by atoms with Crippen molar-refractivity contribution in [1.82, 2.24) is 20.3 Å². The number of benzene rings is 1. The van der Waals surface area contributed by atoms with Gasteiger partial charge in [0, 0.05) is 12.6 Å². The average molecular weight is 286 g/mol. The zero-order chi connectivity index (χ0) is 15.1. The molecular formula is C16H22N4O. The van der Waals surface area contributed by atoms with Gasteiger partial charge in [0.25, 0.3) is 0 Å². The van der Waals surface area contributed by atoms with Crippen LogP contribution in [0.3, 0.4) is 0 Å². The average Bonchev–Trinajstić information content (AvgIpc) is 2.98. The molecule has 1 aromatic carbocycles. The fourth-order valence-electron chi connectivity index (χ4n) is 2.14. The molecule has 5 heteroatoms. The standard InChI is InChI=1S/C16H22N4O/c1-13(2)15(12-20-11-10-17-19-20)18-16(21)9-8-14-6-4-3-5-7-14/h3-7,10-11,13,15H,8-9,12H2,1-2H3,(H,18,21)/t15-/m1/s1. The van der Waals surface area contributed by atoms with Crippen LogP contribution in [-0.2, 0) is 17.8 Å². The van der Waals surface area contributed by atoms with Crippen LogP contribution in [0.1, 0.15) is 25.8 Å². The maximum absolute atomic E-state index is 12.1. The molecule has 0 bridgehead atoms. The first-order chi connectivity index (χ1) is 10.1. The molecule has 1 amide bonds. The molecule has 1 heterocycles. The molecule has 0 fully saturated rings. The van der Waals surface area contributed by atoms with E-state index in [2.05, 4.69) is 29.5 Å². The Kier molecular flexibility index (Phi) is 5.49. The van der Waals surface area contributed by atoms with Gasteiger partial charge in [0.15, 0.2) is 0 Å². The van der Waals surface area contributed by atoms with Gasteiger partial charge in [-0.2, -0.15) is 0 Å². The molecule has 1 N–H and O–H groups in total. The molecule has 2 aromatic rings. The van der Waals surface area contributed by atoms with E-state index < -0.39 is 0 Å². The Bertz CT molecular complexity index is 537. The Morgan fingerprint density at radius 3 is 2.67 bits per heavy atom. The molecule has 0 radical (unpaired) electrons. The van der Waals surface area contributed by atoms with Gasteiger partial charge >= 0.3 is 0 Å². The molecule has 1 aromatic heterocycles. The van der Waals surface area contributed by atoms with E-state index in [-0.39, 0.29) is 11.9 Å². The third kappa shape index (κ3) is 5.02. The summed E-state index contributed by atoms with van der Waals surface area (Å²) >= 11 is 0. The summed E-state index contributed by atoms with van der Waals surface area (Å²) in [4.78, 5) is 12.1. The van der Waals surface area contributed by atoms with Gasteiger partial charge in [0.1, 0.15) is 0 Å². The number of rotatable bonds is 7. The minimum Gasteiger partial charge on any atom is -0.351 e. The van der Waals surface area contributed by atoms with E-state index in [1.165, 1.54) is 5.56 Å². The van der Waals surface area contributed by atoms with Gasteiger partial charge in [0.05, 0.1) is 18.8 Å². The summed E-state index contributed by atoms with van der Waals surface area (Å²) in [7, 11) is 0. The van der Waals surface area contributed by atoms with Crippen molar-refractivity contribution in [3.05, 3.63) is 48.3 Å². The molecule has 0 saturated carbocycles. The molecular weight excluding hydrogens is 264 g/mol. The van der Waals surface area contributed by atoms with Gasteiger partial charge in [0.2, 0.25) is 5.91 Å². The van der Waals surface area contributed by atoms with E-state index in [1.807, 2.05) is 36.5 Å². The van der Waals surface area contributed by atoms with Crippen molar-refractivity contribution in [2.24, 2.45) is 5.92 Å². The van der Waals surface area contributed by atoms with Crippen LogP contribution in [0.2, 0.25) is 0 Å². The number of carbonyl (C=O) groups excluding carboxylic acids is 1. The second-order valence-electron chi connectivity index (χ2n) is 5.53. The maximum atomic E-state index is 12.1. The van der Waals surface area contributed by atoms with E-state index in [0.717, 1.165) is 6.42 Å². The lowest BCUT2D eigenvalue weighted by molar-refractivity contribution is -0.122. The largest absolute Gasteiger partial charge is 0.351 e. The third-order valence-electron chi connectivity index (χ3n) is 3.49. The minimum atomic E-state index is 0.0648. The van der Waals surface area contributed by atoms with Gasteiger partial charge in [-0.15, -0.1) is 5.10 Å². The predicted octanol–water partition coefficient (Wildman–Crippen LogP) is 2.05. The van der Waals surface area contributed by atoms with Gasteiger partial charge < -0.3 is 5.32 Å². The topological polar surface area (TPSA) is 59.8 Å². The van der Waals surface area contributed by atoms with Crippen molar-refractivity contribution in [3.8, 4) is 0 Å². The zero-order valence-corrected chi connectivity index (χ0v) is 12.6. The van der Waals surface area contributed by atoms with E-state index in [1.54, 1.807) is 10.9 Å². The van der Waals surface area contributed by atoms with Crippen LogP contribution in [0, 0.1) is 5.92 Å². The monoisotopic (exact) mass is 286 g/mol. The molecule has 0 saturated heterocycles.